The highest BCUT2D eigenvalue weighted by Gasteiger charge is 2.20. The minimum atomic E-state index is -0.819. The van der Waals surface area contributed by atoms with E-state index < -0.39 is 12.1 Å². The molecule has 0 fully saturated rings. The molecule has 24 heavy (non-hydrogen) atoms. The minimum Gasteiger partial charge on any atom is -0.462 e. The quantitative estimate of drug-likeness (QED) is 0.475. The molecule has 3 rings (SSSR count). The second-order valence-electron chi connectivity index (χ2n) is 6.06. The number of hydrogen-bond donors (Lipinski definition) is 0. The average molecular weight is 324 g/mol. The van der Waals surface area contributed by atoms with Crippen LogP contribution in [0.1, 0.15) is 46.3 Å². The van der Waals surface area contributed by atoms with Crippen molar-refractivity contribution in [2.24, 2.45) is 0 Å². The maximum Gasteiger partial charge on any atom is 0.331 e. The molecule has 2 aromatic rings. The molecule has 1 aliphatic rings. The molecular formula is C20H20O4. The number of ketones is 1. The van der Waals surface area contributed by atoms with Gasteiger partial charge < -0.3 is 9.15 Å². The van der Waals surface area contributed by atoms with Crippen molar-refractivity contribution in [1.29, 1.82) is 0 Å². The lowest BCUT2D eigenvalue weighted by Gasteiger charge is -2.11. The summed E-state index contributed by atoms with van der Waals surface area (Å²) < 4.78 is 10.5. The third kappa shape index (κ3) is 3.65. The summed E-state index contributed by atoms with van der Waals surface area (Å²) in [6.07, 6.45) is 5.20. The van der Waals surface area contributed by atoms with Crippen molar-refractivity contribution >= 4 is 17.8 Å². The third-order valence-electron chi connectivity index (χ3n) is 4.19. The van der Waals surface area contributed by atoms with Crippen LogP contribution in [-0.4, -0.2) is 17.9 Å². The second-order valence-corrected chi connectivity index (χ2v) is 6.06. The molecule has 1 aliphatic carbocycles. The van der Waals surface area contributed by atoms with Crippen molar-refractivity contribution in [3.8, 4) is 0 Å². The maximum atomic E-state index is 12.4. The van der Waals surface area contributed by atoms with Crippen LogP contribution in [0.4, 0.5) is 0 Å². The first-order valence-electron chi connectivity index (χ1n) is 8.14. The molecule has 1 atom stereocenters. The molecular weight excluding hydrogens is 304 g/mol. The third-order valence-corrected chi connectivity index (χ3v) is 4.19. The van der Waals surface area contributed by atoms with E-state index in [1.165, 1.54) is 23.3 Å². The highest BCUT2D eigenvalue weighted by Crippen LogP contribution is 2.23. The molecule has 1 aromatic heterocycles. The predicted octanol–water partition coefficient (Wildman–Crippen LogP) is 3.90. The lowest BCUT2D eigenvalue weighted by atomic mass is 10.0. The molecule has 0 spiro atoms. The Balaban J connectivity index is 1.61. The molecule has 0 saturated heterocycles. The van der Waals surface area contributed by atoms with Gasteiger partial charge in [0.15, 0.2) is 6.10 Å². The van der Waals surface area contributed by atoms with Gasteiger partial charge in [-0.1, -0.05) is 12.1 Å². The van der Waals surface area contributed by atoms with Crippen LogP contribution in [0.3, 0.4) is 0 Å². The Kier molecular flexibility index (Phi) is 4.65. The molecule has 0 N–H and O–H groups in total. The SMILES string of the molecule is Cc1ccc(/C=C/C(=O)OC(C)C(=O)c2ccc3c(c2)CCC3)o1. The highest BCUT2D eigenvalue weighted by molar-refractivity contribution is 6.01. The van der Waals surface area contributed by atoms with Gasteiger partial charge in [-0.15, -0.1) is 0 Å². The normalized spacial score (nSPS) is 14.6. The monoisotopic (exact) mass is 324 g/mol. The fourth-order valence-corrected chi connectivity index (χ4v) is 2.92. The largest absolute Gasteiger partial charge is 0.462 e. The molecule has 0 aliphatic heterocycles. The van der Waals surface area contributed by atoms with Gasteiger partial charge in [0.2, 0.25) is 5.78 Å². The first kappa shape index (κ1) is 16.2. The van der Waals surface area contributed by atoms with Gasteiger partial charge in [0.05, 0.1) is 0 Å². The molecule has 0 amide bonds. The van der Waals surface area contributed by atoms with Gasteiger partial charge in [-0.25, -0.2) is 4.79 Å². The van der Waals surface area contributed by atoms with Crippen LogP contribution in [0.5, 0.6) is 0 Å². The number of carbonyl (C=O) groups excluding carboxylic acids is 2. The van der Waals surface area contributed by atoms with E-state index in [4.69, 9.17) is 9.15 Å². The van der Waals surface area contributed by atoms with E-state index >= 15 is 0 Å². The number of benzene rings is 1. The van der Waals surface area contributed by atoms with E-state index in [0.717, 1.165) is 25.0 Å². The van der Waals surface area contributed by atoms with Gasteiger partial charge in [0, 0.05) is 11.6 Å². The summed E-state index contributed by atoms with van der Waals surface area (Å²) in [6.45, 7) is 3.42. The van der Waals surface area contributed by atoms with Crippen molar-refractivity contribution in [2.45, 2.75) is 39.2 Å². The summed E-state index contributed by atoms with van der Waals surface area (Å²) in [5.74, 6) is 0.594. The van der Waals surface area contributed by atoms with Crippen LogP contribution in [0.2, 0.25) is 0 Å². The first-order valence-corrected chi connectivity index (χ1v) is 8.14. The fraction of sp³-hybridized carbons (Fsp3) is 0.300. The number of furan rings is 1. The lowest BCUT2D eigenvalue weighted by molar-refractivity contribution is -0.140. The first-order chi connectivity index (χ1) is 11.5. The number of aryl methyl sites for hydroxylation is 3. The highest BCUT2D eigenvalue weighted by atomic mass is 16.5. The summed E-state index contributed by atoms with van der Waals surface area (Å²) in [4.78, 5) is 24.3. The molecule has 4 heteroatoms. The summed E-state index contributed by atoms with van der Waals surface area (Å²) in [5, 5.41) is 0. The van der Waals surface area contributed by atoms with E-state index in [-0.39, 0.29) is 5.78 Å². The number of Topliss-reactive ketones (excluding diaryl/α,β-unsaturated/α-hetero) is 1. The smallest absolute Gasteiger partial charge is 0.331 e. The molecule has 0 bridgehead atoms. The number of fused-ring (bicyclic) bond motifs is 1. The zero-order valence-corrected chi connectivity index (χ0v) is 13.9. The number of carbonyl (C=O) groups is 2. The number of ether oxygens (including phenoxy) is 1. The molecule has 1 heterocycles. The van der Waals surface area contributed by atoms with Crippen LogP contribution in [-0.2, 0) is 22.4 Å². The van der Waals surface area contributed by atoms with E-state index in [1.807, 2.05) is 31.2 Å². The minimum absolute atomic E-state index is 0.180. The van der Waals surface area contributed by atoms with Crippen molar-refractivity contribution in [3.05, 3.63) is 64.6 Å². The Labute approximate surface area is 141 Å². The van der Waals surface area contributed by atoms with E-state index in [2.05, 4.69) is 0 Å². The number of esters is 1. The van der Waals surface area contributed by atoms with Crippen molar-refractivity contribution in [3.63, 3.8) is 0 Å². The van der Waals surface area contributed by atoms with Crippen molar-refractivity contribution < 1.29 is 18.7 Å². The molecule has 4 nitrogen and oxygen atoms in total. The maximum absolute atomic E-state index is 12.4. The summed E-state index contributed by atoms with van der Waals surface area (Å²) >= 11 is 0. The molecule has 1 aromatic carbocycles. The fourth-order valence-electron chi connectivity index (χ4n) is 2.92. The predicted molar refractivity (Wildman–Crippen MR) is 90.8 cm³/mol. The van der Waals surface area contributed by atoms with Crippen LogP contribution >= 0.6 is 0 Å². The van der Waals surface area contributed by atoms with Gasteiger partial charge in [0.25, 0.3) is 0 Å². The van der Waals surface area contributed by atoms with Crippen LogP contribution < -0.4 is 0 Å². The Morgan fingerprint density at radius 2 is 1.96 bits per heavy atom. The number of hydrogen-bond acceptors (Lipinski definition) is 4. The summed E-state index contributed by atoms with van der Waals surface area (Å²) in [6, 6.07) is 9.32. The Bertz CT molecular complexity index is 798. The molecule has 0 radical (unpaired) electrons. The van der Waals surface area contributed by atoms with Crippen LogP contribution in [0.15, 0.2) is 40.8 Å². The van der Waals surface area contributed by atoms with E-state index in [0.29, 0.717) is 11.3 Å². The Morgan fingerprint density at radius 1 is 1.17 bits per heavy atom. The zero-order chi connectivity index (χ0) is 17.1. The second kappa shape index (κ2) is 6.87. The van der Waals surface area contributed by atoms with Gasteiger partial charge in [0.1, 0.15) is 11.5 Å². The average Bonchev–Trinajstić information content (AvgIpc) is 3.19. The van der Waals surface area contributed by atoms with Gasteiger partial charge in [-0.05, 0) is 68.5 Å². The zero-order valence-electron chi connectivity index (χ0n) is 13.9. The summed E-state index contributed by atoms with van der Waals surface area (Å²) in [5.41, 5.74) is 3.14. The van der Waals surface area contributed by atoms with Gasteiger partial charge in [-0.3, -0.25) is 4.79 Å². The molecule has 0 saturated carbocycles. The standard InChI is InChI=1S/C20H20O4/c1-13-6-9-18(23-13)10-11-19(21)24-14(2)20(22)17-8-7-15-4-3-5-16(15)12-17/h6-12,14H,3-5H2,1-2H3/b11-10+. The summed E-state index contributed by atoms with van der Waals surface area (Å²) in [7, 11) is 0. The molecule has 1 unspecified atom stereocenters. The Morgan fingerprint density at radius 3 is 2.71 bits per heavy atom. The number of rotatable bonds is 5. The van der Waals surface area contributed by atoms with Crippen LogP contribution in [0, 0.1) is 6.92 Å². The van der Waals surface area contributed by atoms with E-state index in [1.54, 1.807) is 13.0 Å². The van der Waals surface area contributed by atoms with Crippen molar-refractivity contribution in [2.75, 3.05) is 0 Å². The Hall–Kier alpha value is -2.62. The van der Waals surface area contributed by atoms with Gasteiger partial charge in [-0.2, -0.15) is 0 Å². The molecule has 124 valence electrons. The van der Waals surface area contributed by atoms with Gasteiger partial charge >= 0.3 is 5.97 Å². The van der Waals surface area contributed by atoms with Crippen LogP contribution in [0.25, 0.3) is 6.08 Å². The van der Waals surface area contributed by atoms with Crippen molar-refractivity contribution in [1.82, 2.24) is 0 Å². The van der Waals surface area contributed by atoms with E-state index in [9.17, 15) is 9.59 Å². The topological polar surface area (TPSA) is 56.5 Å². The lowest BCUT2D eigenvalue weighted by Crippen LogP contribution is -2.23.